The Hall–Kier alpha value is -1.28. The third-order valence-corrected chi connectivity index (χ3v) is 4.65. The quantitative estimate of drug-likeness (QED) is 0.844. The van der Waals surface area contributed by atoms with Crippen molar-refractivity contribution in [3.05, 3.63) is 36.0 Å². The Labute approximate surface area is 109 Å². The molecule has 2 aromatic rings. The van der Waals surface area contributed by atoms with E-state index < -0.39 is 0 Å². The van der Waals surface area contributed by atoms with Gasteiger partial charge in [0, 0.05) is 24.3 Å². The van der Waals surface area contributed by atoms with Crippen LogP contribution in [0.3, 0.4) is 0 Å². The van der Waals surface area contributed by atoms with Crippen LogP contribution in [0.1, 0.15) is 32.3 Å². The molecule has 1 aliphatic carbocycles. The molecule has 0 amide bonds. The summed E-state index contributed by atoms with van der Waals surface area (Å²) in [6, 6.07) is 9.50. The Bertz CT molecular complexity index is 529. The van der Waals surface area contributed by atoms with E-state index in [9.17, 15) is 0 Å². The molecule has 1 fully saturated rings. The molecule has 1 heterocycles. The van der Waals surface area contributed by atoms with Gasteiger partial charge in [0.25, 0.3) is 0 Å². The summed E-state index contributed by atoms with van der Waals surface area (Å²) in [5, 5.41) is 5.03. The van der Waals surface area contributed by atoms with Crippen molar-refractivity contribution in [3.8, 4) is 0 Å². The molecule has 0 radical (unpaired) electrons. The molecule has 96 valence electrons. The normalized spacial score (nSPS) is 28.0. The molecule has 18 heavy (non-hydrogen) atoms. The third-order valence-electron chi connectivity index (χ3n) is 4.65. The van der Waals surface area contributed by atoms with Crippen molar-refractivity contribution in [1.82, 2.24) is 10.3 Å². The number of hydrogen-bond donors (Lipinski definition) is 2. The van der Waals surface area contributed by atoms with E-state index in [0.29, 0.717) is 6.04 Å². The van der Waals surface area contributed by atoms with Crippen molar-refractivity contribution in [1.29, 1.82) is 0 Å². The van der Waals surface area contributed by atoms with Crippen LogP contribution in [0.4, 0.5) is 0 Å². The molecule has 3 atom stereocenters. The van der Waals surface area contributed by atoms with Crippen LogP contribution in [0.2, 0.25) is 0 Å². The van der Waals surface area contributed by atoms with E-state index in [1.807, 2.05) is 6.20 Å². The van der Waals surface area contributed by atoms with Crippen LogP contribution in [-0.4, -0.2) is 11.0 Å². The summed E-state index contributed by atoms with van der Waals surface area (Å²) >= 11 is 0. The number of aromatic nitrogens is 1. The second-order valence-corrected chi connectivity index (χ2v) is 5.80. The SMILES string of the molecule is CC1CCC(NCc2ccc3[nH]ccc3c2)C1C. The highest BCUT2D eigenvalue weighted by Gasteiger charge is 2.28. The highest BCUT2D eigenvalue weighted by Crippen LogP contribution is 2.31. The predicted octanol–water partition coefficient (Wildman–Crippen LogP) is 3.69. The second kappa shape index (κ2) is 4.77. The van der Waals surface area contributed by atoms with Gasteiger partial charge in [0.1, 0.15) is 0 Å². The number of rotatable bonds is 3. The summed E-state index contributed by atoms with van der Waals surface area (Å²) < 4.78 is 0. The Morgan fingerprint density at radius 2 is 2.11 bits per heavy atom. The second-order valence-electron chi connectivity index (χ2n) is 5.80. The average Bonchev–Trinajstić information content (AvgIpc) is 2.96. The maximum absolute atomic E-state index is 3.72. The molecule has 2 N–H and O–H groups in total. The van der Waals surface area contributed by atoms with Crippen molar-refractivity contribution >= 4 is 10.9 Å². The van der Waals surface area contributed by atoms with Gasteiger partial charge in [-0.25, -0.2) is 0 Å². The van der Waals surface area contributed by atoms with Gasteiger partial charge in [0.05, 0.1) is 0 Å². The molecule has 2 heteroatoms. The van der Waals surface area contributed by atoms with Crippen molar-refractivity contribution in [2.24, 2.45) is 11.8 Å². The molecule has 1 aliphatic rings. The molecule has 3 rings (SSSR count). The molecule has 1 saturated carbocycles. The number of nitrogens with one attached hydrogen (secondary N) is 2. The van der Waals surface area contributed by atoms with E-state index in [-0.39, 0.29) is 0 Å². The minimum absolute atomic E-state index is 0.696. The zero-order valence-corrected chi connectivity index (χ0v) is 11.2. The zero-order chi connectivity index (χ0) is 12.5. The third kappa shape index (κ3) is 2.17. The fourth-order valence-electron chi connectivity index (χ4n) is 3.11. The Morgan fingerprint density at radius 1 is 1.22 bits per heavy atom. The van der Waals surface area contributed by atoms with Gasteiger partial charge in [-0.2, -0.15) is 0 Å². The lowest BCUT2D eigenvalue weighted by Crippen LogP contribution is -2.31. The van der Waals surface area contributed by atoms with Gasteiger partial charge in [-0.05, 0) is 53.8 Å². The molecule has 1 aromatic carbocycles. The minimum atomic E-state index is 0.696. The van der Waals surface area contributed by atoms with E-state index in [1.165, 1.54) is 29.3 Å². The number of H-pyrrole nitrogens is 1. The maximum Gasteiger partial charge on any atom is 0.0454 e. The van der Waals surface area contributed by atoms with Gasteiger partial charge in [-0.3, -0.25) is 0 Å². The molecular weight excluding hydrogens is 220 g/mol. The minimum Gasteiger partial charge on any atom is -0.361 e. The molecule has 2 nitrogen and oxygen atoms in total. The Kier molecular flexibility index (Phi) is 3.13. The number of benzene rings is 1. The maximum atomic E-state index is 3.72. The van der Waals surface area contributed by atoms with Crippen LogP contribution < -0.4 is 5.32 Å². The lowest BCUT2D eigenvalue weighted by Gasteiger charge is -2.19. The first-order chi connectivity index (χ1) is 8.74. The first kappa shape index (κ1) is 11.8. The number of fused-ring (bicyclic) bond motifs is 1. The van der Waals surface area contributed by atoms with E-state index in [4.69, 9.17) is 0 Å². The fourth-order valence-corrected chi connectivity index (χ4v) is 3.11. The van der Waals surface area contributed by atoms with E-state index in [2.05, 4.69) is 48.4 Å². The molecule has 0 saturated heterocycles. The van der Waals surface area contributed by atoms with Crippen molar-refractivity contribution in [2.45, 2.75) is 39.3 Å². The summed E-state index contributed by atoms with van der Waals surface area (Å²) in [7, 11) is 0. The monoisotopic (exact) mass is 242 g/mol. The predicted molar refractivity (Wildman–Crippen MR) is 76.5 cm³/mol. The van der Waals surface area contributed by atoms with E-state index >= 15 is 0 Å². The lowest BCUT2D eigenvalue weighted by atomic mass is 9.97. The summed E-state index contributed by atoms with van der Waals surface area (Å²) in [5.74, 6) is 1.68. The van der Waals surface area contributed by atoms with Gasteiger partial charge in [-0.1, -0.05) is 19.9 Å². The molecular formula is C16H22N2. The average molecular weight is 242 g/mol. The van der Waals surface area contributed by atoms with Gasteiger partial charge in [-0.15, -0.1) is 0 Å². The number of hydrogen-bond acceptors (Lipinski definition) is 1. The topological polar surface area (TPSA) is 27.8 Å². The summed E-state index contributed by atoms with van der Waals surface area (Å²) in [5.41, 5.74) is 2.61. The highest BCUT2D eigenvalue weighted by molar-refractivity contribution is 5.79. The molecule has 0 aliphatic heterocycles. The Balaban J connectivity index is 1.66. The summed E-state index contributed by atoms with van der Waals surface area (Å²) in [6.07, 6.45) is 4.70. The first-order valence-electron chi connectivity index (χ1n) is 7.03. The molecule has 0 bridgehead atoms. The summed E-state index contributed by atoms with van der Waals surface area (Å²) in [6.45, 7) is 5.74. The highest BCUT2D eigenvalue weighted by atomic mass is 14.9. The van der Waals surface area contributed by atoms with E-state index in [1.54, 1.807) is 0 Å². The zero-order valence-electron chi connectivity index (χ0n) is 11.2. The first-order valence-corrected chi connectivity index (χ1v) is 7.03. The fraction of sp³-hybridized carbons (Fsp3) is 0.500. The largest absolute Gasteiger partial charge is 0.361 e. The lowest BCUT2D eigenvalue weighted by molar-refractivity contribution is 0.370. The van der Waals surface area contributed by atoms with E-state index in [0.717, 1.165) is 18.4 Å². The molecule has 1 aromatic heterocycles. The van der Waals surface area contributed by atoms with Crippen LogP contribution >= 0.6 is 0 Å². The van der Waals surface area contributed by atoms with Crippen molar-refractivity contribution < 1.29 is 0 Å². The van der Waals surface area contributed by atoms with Crippen LogP contribution in [0.25, 0.3) is 10.9 Å². The van der Waals surface area contributed by atoms with Crippen LogP contribution in [0.5, 0.6) is 0 Å². The van der Waals surface area contributed by atoms with Crippen LogP contribution in [0, 0.1) is 11.8 Å². The van der Waals surface area contributed by atoms with Crippen molar-refractivity contribution in [3.63, 3.8) is 0 Å². The molecule has 3 unspecified atom stereocenters. The Morgan fingerprint density at radius 3 is 2.89 bits per heavy atom. The van der Waals surface area contributed by atoms with Gasteiger partial charge in [0.2, 0.25) is 0 Å². The van der Waals surface area contributed by atoms with Gasteiger partial charge in [0.15, 0.2) is 0 Å². The van der Waals surface area contributed by atoms with Crippen molar-refractivity contribution in [2.75, 3.05) is 0 Å². The smallest absolute Gasteiger partial charge is 0.0454 e. The van der Waals surface area contributed by atoms with Crippen LogP contribution in [-0.2, 0) is 6.54 Å². The molecule has 0 spiro atoms. The van der Waals surface area contributed by atoms with Gasteiger partial charge < -0.3 is 10.3 Å². The van der Waals surface area contributed by atoms with Gasteiger partial charge >= 0.3 is 0 Å². The van der Waals surface area contributed by atoms with Crippen LogP contribution in [0.15, 0.2) is 30.5 Å². The number of aromatic amines is 1. The standard InChI is InChI=1S/C16H22N2/c1-11-3-5-15(12(11)2)18-10-13-4-6-16-14(9-13)7-8-17-16/h4,6-9,11-12,15,17-18H,3,5,10H2,1-2H3. The summed E-state index contributed by atoms with van der Waals surface area (Å²) in [4.78, 5) is 3.24.